The molecular weight excluding hydrogens is 376 g/mol. The maximum Gasteiger partial charge on any atom is 0.137 e. The largest absolute Gasteiger partial charge is 0.497 e. The molecule has 5 heteroatoms. The molecule has 1 heterocycles. The Morgan fingerprint density at radius 1 is 0.933 bits per heavy atom. The third kappa shape index (κ3) is 5.42. The molecule has 0 N–H and O–H groups in total. The van der Waals surface area contributed by atoms with E-state index in [9.17, 15) is 0 Å². The van der Waals surface area contributed by atoms with Crippen LogP contribution < -0.4 is 14.8 Å². The summed E-state index contributed by atoms with van der Waals surface area (Å²) < 4.78 is 17.2. The summed E-state index contributed by atoms with van der Waals surface area (Å²) in [7, 11) is 1.67. The minimum Gasteiger partial charge on any atom is -0.497 e. The highest BCUT2D eigenvalue weighted by molar-refractivity contribution is 5.80. The predicted molar refractivity (Wildman–Crippen MR) is 122 cm³/mol. The molecule has 0 fully saturated rings. The van der Waals surface area contributed by atoms with E-state index in [0.717, 1.165) is 71.7 Å². The van der Waals surface area contributed by atoms with E-state index in [0.29, 0.717) is 6.61 Å². The molecule has 0 aliphatic heterocycles. The molecule has 0 atom stereocenters. The van der Waals surface area contributed by atoms with Gasteiger partial charge in [-0.1, -0.05) is 13.8 Å². The van der Waals surface area contributed by atoms with Crippen LogP contribution in [-0.2, 0) is 0 Å². The second-order valence-corrected chi connectivity index (χ2v) is 7.08. The Morgan fingerprint density at radius 3 is 2.33 bits per heavy atom. The van der Waals surface area contributed by atoms with E-state index in [4.69, 9.17) is 18.9 Å². The minimum atomic E-state index is 0.628. The lowest BCUT2D eigenvalue weighted by Crippen LogP contribution is -2.24. The first-order chi connectivity index (χ1) is 14.7. The van der Waals surface area contributed by atoms with Gasteiger partial charge in [-0.3, -0.25) is 4.99 Å². The second kappa shape index (κ2) is 10.8. The fourth-order valence-electron chi connectivity index (χ4n) is 3.47. The second-order valence-electron chi connectivity index (χ2n) is 7.08. The Labute approximate surface area is 179 Å². The summed E-state index contributed by atoms with van der Waals surface area (Å²) in [4.78, 5) is 7.35. The number of nitrogens with zero attached hydrogens (tertiary/aromatic N) is 2. The summed E-state index contributed by atoms with van der Waals surface area (Å²) in [5.74, 6) is 2.44. The van der Waals surface area contributed by atoms with Gasteiger partial charge in [0.05, 0.1) is 19.1 Å². The van der Waals surface area contributed by atoms with Crippen LogP contribution in [0.1, 0.15) is 27.2 Å². The molecule has 30 heavy (non-hydrogen) atoms. The van der Waals surface area contributed by atoms with Gasteiger partial charge in [-0.15, -0.1) is 0 Å². The van der Waals surface area contributed by atoms with Crippen LogP contribution >= 0.6 is 0 Å². The van der Waals surface area contributed by atoms with Gasteiger partial charge in [-0.05, 0) is 75.4 Å². The van der Waals surface area contributed by atoms with E-state index in [1.54, 1.807) is 7.11 Å². The van der Waals surface area contributed by atoms with Crippen molar-refractivity contribution >= 4 is 11.0 Å². The van der Waals surface area contributed by atoms with Crippen molar-refractivity contribution in [2.45, 2.75) is 27.2 Å². The number of rotatable bonds is 10. The summed E-state index contributed by atoms with van der Waals surface area (Å²) in [5, 5.41) is 1.91. The quantitative estimate of drug-likeness (QED) is 0.436. The molecule has 0 bridgehead atoms. The number of hydrogen-bond donors (Lipinski definition) is 0. The minimum absolute atomic E-state index is 0.628. The molecule has 0 aliphatic carbocycles. The van der Waals surface area contributed by atoms with Crippen molar-refractivity contribution < 1.29 is 13.9 Å². The third-order valence-corrected chi connectivity index (χ3v) is 5.21. The van der Waals surface area contributed by atoms with Crippen LogP contribution in [0.4, 0.5) is 0 Å². The highest BCUT2D eigenvalue weighted by atomic mass is 16.5. The van der Waals surface area contributed by atoms with E-state index in [2.05, 4.69) is 18.7 Å². The van der Waals surface area contributed by atoms with Gasteiger partial charge < -0.3 is 18.8 Å². The molecule has 3 aromatic rings. The summed E-state index contributed by atoms with van der Waals surface area (Å²) in [6.45, 7) is 11.0. The zero-order chi connectivity index (χ0) is 21.3. The van der Waals surface area contributed by atoms with Crippen molar-refractivity contribution in [2.75, 3.05) is 39.9 Å². The first-order valence-electron chi connectivity index (χ1n) is 10.8. The Kier molecular flexibility index (Phi) is 7.91. The summed E-state index contributed by atoms with van der Waals surface area (Å²) in [5.41, 5.74) is 1.79. The van der Waals surface area contributed by atoms with Crippen LogP contribution in [0.5, 0.6) is 11.5 Å². The predicted octanol–water partition coefficient (Wildman–Crippen LogP) is 5.14. The van der Waals surface area contributed by atoms with Crippen molar-refractivity contribution in [1.29, 1.82) is 0 Å². The lowest BCUT2D eigenvalue weighted by atomic mass is 10.1. The molecule has 2 aromatic carbocycles. The standard InChI is InChI=1S/C25H32N2O3/c1-5-27(6-2)16-8-15-26-23-18-25(19-9-11-20(28-4)12-10-19)30-24-14-13-21(29-7-3)17-22(23)24/h9-14,17-18H,5-8,15-16H2,1-4H3. The SMILES string of the molecule is CCOc1ccc2oc(-c3ccc(OC)cc3)cc(=NCCCN(CC)CC)c2c1. The molecule has 0 unspecified atom stereocenters. The monoisotopic (exact) mass is 408 g/mol. The van der Waals surface area contributed by atoms with Crippen molar-refractivity contribution in [3.63, 3.8) is 0 Å². The summed E-state index contributed by atoms with van der Waals surface area (Å²) >= 11 is 0. The van der Waals surface area contributed by atoms with Gasteiger partial charge in [0.15, 0.2) is 0 Å². The van der Waals surface area contributed by atoms with E-state index >= 15 is 0 Å². The van der Waals surface area contributed by atoms with Gasteiger partial charge in [-0.25, -0.2) is 0 Å². The number of methoxy groups -OCH3 is 1. The molecule has 0 aliphatic rings. The highest BCUT2D eigenvalue weighted by Gasteiger charge is 2.08. The summed E-state index contributed by atoms with van der Waals surface area (Å²) in [6.07, 6.45) is 1.03. The highest BCUT2D eigenvalue weighted by Crippen LogP contribution is 2.26. The van der Waals surface area contributed by atoms with Gasteiger partial charge >= 0.3 is 0 Å². The molecule has 0 radical (unpaired) electrons. The maximum absolute atomic E-state index is 6.21. The zero-order valence-corrected chi connectivity index (χ0v) is 18.5. The number of benzene rings is 2. The zero-order valence-electron chi connectivity index (χ0n) is 18.5. The van der Waals surface area contributed by atoms with Gasteiger partial charge in [0.25, 0.3) is 0 Å². The fourth-order valence-corrected chi connectivity index (χ4v) is 3.47. The number of ether oxygens (including phenoxy) is 2. The van der Waals surface area contributed by atoms with Crippen LogP contribution in [0.15, 0.2) is 57.9 Å². The number of hydrogen-bond acceptors (Lipinski definition) is 5. The molecule has 1 aromatic heterocycles. The maximum atomic E-state index is 6.21. The smallest absolute Gasteiger partial charge is 0.137 e. The molecule has 0 saturated carbocycles. The average Bonchev–Trinajstić information content (AvgIpc) is 2.79. The van der Waals surface area contributed by atoms with Gasteiger partial charge in [0.1, 0.15) is 22.8 Å². The third-order valence-electron chi connectivity index (χ3n) is 5.21. The summed E-state index contributed by atoms with van der Waals surface area (Å²) in [6, 6.07) is 15.8. The van der Waals surface area contributed by atoms with Gasteiger partial charge in [-0.2, -0.15) is 0 Å². The molecule has 5 nitrogen and oxygen atoms in total. The van der Waals surface area contributed by atoms with Crippen molar-refractivity contribution in [3.05, 3.63) is 53.9 Å². The normalized spacial score (nSPS) is 12.0. The molecule has 3 rings (SSSR count). The average molecular weight is 409 g/mol. The Bertz CT molecular complexity index is 1010. The lowest BCUT2D eigenvalue weighted by Gasteiger charge is -2.16. The molecular formula is C25H32N2O3. The Hall–Kier alpha value is -2.79. The van der Waals surface area contributed by atoms with Crippen molar-refractivity contribution in [3.8, 4) is 22.8 Å². The van der Waals surface area contributed by atoms with Crippen LogP contribution in [0.25, 0.3) is 22.3 Å². The lowest BCUT2D eigenvalue weighted by molar-refractivity contribution is 0.301. The van der Waals surface area contributed by atoms with E-state index in [1.807, 2.05) is 55.5 Å². The Balaban J connectivity index is 1.98. The van der Waals surface area contributed by atoms with E-state index in [-0.39, 0.29) is 0 Å². The molecule has 0 saturated heterocycles. The number of fused-ring (bicyclic) bond motifs is 1. The van der Waals surface area contributed by atoms with Crippen LogP contribution in [0.2, 0.25) is 0 Å². The van der Waals surface area contributed by atoms with E-state index < -0.39 is 0 Å². The molecule has 0 amide bonds. The topological polar surface area (TPSA) is 47.2 Å². The van der Waals surface area contributed by atoms with Crippen LogP contribution in [0, 0.1) is 0 Å². The Morgan fingerprint density at radius 2 is 1.67 bits per heavy atom. The molecule has 0 spiro atoms. The molecule has 160 valence electrons. The van der Waals surface area contributed by atoms with Gasteiger partial charge in [0, 0.05) is 23.6 Å². The van der Waals surface area contributed by atoms with Gasteiger partial charge in [0.2, 0.25) is 0 Å². The first kappa shape index (κ1) is 21.9. The van der Waals surface area contributed by atoms with E-state index in [1.165, 1.54) is 0 Å². The van der Waals surface area contributed by atoms with Crippen molar-refractivity contribution in [1.82, 2.24) is 4.90 Å². The van der Waals surface area contributed by atoms with Crippen LogP contribution in [0.3, 0.4) is 0 Å². The first-order valence-corrected chi connectivity index (χ1v) is 10.8. The van der Waals surface area contributed by atoms with Crippen molar-refractivity contribution in [2.24, 2.45) is 4.99 Å². The fraction of sp³-hybridized carbons (Fsp3) is 0.400. The van der Waals surface area contributed by atoms with Crippen LogP contribution in [-0.4, -0.2) is 44.8 Å².